The Morgan fingerprint density at radius 3 is 2.65 bits per heavy atom. The van der Waals surface area contributed by atoms with Gasteiger partial charge in [-0.2, -0.15) is 5.10 Å². The summed E-state index contributed by atoms with van der Waals surface area (Å²) in [5.41, 5.74) is 2.92. The van der Waals surface area contributed by atoms with Crippen LogP contribution in [0.1, 0.15) is 49.3 Å². The van der Waals surface area contributed by atoms with Crippen molar-refractivity contribution in [2.45, 2.75) is 33.1 Å². The number of rotatable bonds is 4. The van der Waals surface area contributed by atoms with E-state index in [0.29, 0.717) is 11.3 Å². The summed E-state index contributed by atoms with van der Waals surface area (Å²) in [6.45, 7) is 7.67. The predicted octanol–water partition coefficient (Wildman–Crippen LogP) is 3.56. The zero-order valence-corrected chi connectivity index (χ0v) is 13.8. The third-order valence-corrected chi connectivity index (χ3v) is 3.30. The fraction of sp³-hybridized carbons (Fsp3) is 0.278. The maximum atomic E-state index is 12.3. The summed E-state index contributed by atoms with van der Waals surface area (Å²) in [6.07, 6.45) is 4.99. The molecule has 2 N–H and O–H groups in total. The van der Waals surface area contributed by atoms with Gasteiger partial charge < -0.3 is 5.32 Å². The Labute approximate surface area is 135 Å². The summed E-state index contributed by atoms with van der Waals surface area (Å²) in [7, 11) is 0. The average molecular weight is 311 g/mol. The van der Waals surface area contributed by atoms with Crippen molar-refractivity contribution in [1.82, 2.24) is 10.2 Å². The number of carbonyl (C=O) groups excluding carboxylic acids is 2. The summed E-state index contributed by atoms with van der Waals surface area (Å²) in [4.78, 5) is 23.4. The van der Waals surface area contributed by atoms with Gasteiger partial charge in [0.15, 0.2) is 5.78 Å². The fourth-order valence-electron chi connectivity index (χ4n) is 2.24. The number of allylic oxidation sites excluding steroid dienone is 1. The van der Waals surface area contributed by atoms with Crippen LogP contribution in [0.3, 0.4) is 0 Å². The van der Waals surface area contributed by atoms with E-state index in [9.17, 15) is 9.59 Å². The van der Waals surface area contributed by atoms with Gasteiger partial charge >= 0.3 is 0 Å². The van der Waals surface area contributed by atoms with Crippen LogP contribution in [0.15, 0.2) is 36.5 Å². The minimum Gasteiger partial charge on any atom is -0.326 e. The normalized spacial score (nSPS) is 11.7. The van der Waals surface area contributed by atoms with Crippen LogP contribution in [-0.2, 0) is 10.2 Å². The van der Waals surface area contributed by atoms with Crippen LogP contribution < -0.4 is 5.32 Å². The molecular weight excluding hydrogens is 290 g/mol. The molecule has 120 valence electrons. The van der Waals surface area contributed by atoms with Gasteiger partial charge in [-0.1, -0.05) is 32.9 Å². The molecule has 2 rings (SSSR count). The Hall–Kier alpha value is -2.69. The summed E-state index contributed by atoms with van der Waals surface area (Å²) in [5, 5.41) is 9.70. The molecule has 0 aliphatic heterocycles. The van der Waals surface area contributed by atoms with E-state index in [-0.39, 0.29) is 17.1 Å². The highest BCUT2D eigenvalue weighted by atomic mass is 16.1. The molecule has 0 atom stereocenters. The van der Waals surface area contributed by atoms with Crippen molar-refractivity contribution in [2.24, 2.45) is 0 Å². The monoisotopic (exact) mass is 311 g/mol. The number of ketones is 1. The van der Waals surface area contributed by atoms with E-state index < -0.39 is 0 Å². The predicted molar refractivity (Wildman–Crippen MR) is 91.4 cm³/mol. The average Bonchev–Trinajstić information content (AvgIpc) is 2.93. The first-order chi connectivity index (χ1) is 10.8. The Balaban J connectivity index is 2.19. The summed E-state index contributed by atoms with van der Waals surface area (Å²) in [5.74, 6) is -0.295. The van der Waals surface area contributed by atoms with E-state index in [4.69, 9.17) is 0 Å². The van der Waals surface area contributed by atoms with Crippen LogP contribution in [0.4, 0.5) is 5.69 Å². The second-order valence-electron chi connectivity index (χ2n) is 6.41. The molecule has 5 nitrogen and oxygen atoms in total. The largest absolute Gasteiger partial charge is 0.326 e. The van der Waals surface area contributed by atoms with Crippen molar-refractivity contribution < 1.29 is 9.59 Å². The van der Waals surface area contributed by atoms with Crippen LogP contribution >= 0.6 is 0 Å². The summed E-state index contributed by atoms with van der Waals surface area (Å²) >= 11 is 0. The van der Waals surface area contributed by atoms with E-state index in [1.165, 1.54) is 13.0 Å². The molecule has 0 saturated carbocycles. The lowest BCUT2D eigenvalue weighted by atomic mass is 9.89. The molecule has 1 aromatic carbocycles. The molecule has 5 heteroatoms. The van der Waals surface area contributed by atoms with Crippen molar-refractivity contribution in [3.8, 4) is 0 Å². The second-order valence-corrected chi connectivity index (χ2v) is 6.41. The molecule has 0 spiro atoms. The topological polar surface area (TPSA) is 74.8 Å². The summed E-state index contributed by atoms with van der Waals surface area (Å²) < 4.78 is 0. The number of aromatic nitrogens is 2. The molecule has 0 bridgehead atoms. The van der Waals surface area contributed by atoms with Crippen molar-refractivity contribution in [3.63, 3.8) is 0 Å². The van der Waals surface area contributed by atoms with E-state index >= 15 is 0 Å². The zero-order chi connectivity index (χ0) is 17.0. The number of nitrogens with zero attached hydrogens (tertiary/aromatic N) is 1. The highest BCUT2D eigenvalue weighted by molar-refractivity contribution is 6.07. The Kier molecular flexibility index (Phi) is 4.79. The third-order valence-electron chi connectivity index (χ3n) is 3.30. The van der Waals surface area contributed by atoms with Gasteiger partial charge in [0, 0.05) is 34.8 Å². The first-order valence-electron chi connectivity index (χ1n) is 7.41. The van der Waals surface area contributed by atoms with Gasteiger partial charge in [0.1, 0.15) is 0 Å². The lowest BCUT2D eigenvalue weighted by molar-refractivity contribution is -0.114. The molecule has 0 radical (unpaired) electrons. The number of nitrogens with one attached hydrogen (secondary N) is 2. The molecule has 1 amide bonds. The molecule has 1 aromatic heterocycles. The third kappa shape index (κ3) is 4.39. The van der Waals surface area contributed by atoms with Crippen LogP contribution in [-0.4, -0.2) is 21.9 Å². The van der Waals surface area contributed by atoms with Gasteiger partial charge in [0.2, 0.25) is 5.91 Å². The number of amides is 1. The van der Waals surface area contributed by atoms with Gasteiger partial charge in [0.05, 0.1) is 6.20 Å². The van der Waals surface area contributed by atoms with Crippen molar-refractivity contribution in [1.29, 1.82) is 0 Å². The quantitative estimate of drug-likeness (QED) is 0.669. The summed E-state index contributed by atoms with van der Waals surface area (Å²) in [6, 6.07) is 6.87. The molecule has 0 saturated heterocycles. The second kappa shape index (κ2) is 6.60. The molecule has 2 aromatic rings. The first-order valence-corrected chi connectivity index (χ1v) is 7.41. The fourth-order valence-corrected chi connectivity index (χ4v) is 2.24. The molecule has 1 heterocycles. The standard InChI is InChI=1S/C18H21N3O2/c1-12(22)20-15-7-5-6-13(10-15)16(23)9-8-14-11-19-21-17(14)18(2,3)4/h5-11H,1-4H3,(H,19,21)(H,20,22)/b9-8-. The van der Waals surface area contributed by atoms with E-state index in [1.807, 2.05) is 0 Å². The Bertz CT molecular complexity index is 752. The number of H-pyrrole nitrogens is 1. The van der Waals surface area contributed by atoms with Gasteiger partial charge in [-0.3, -0.25) is 14.7 Å². The molecular formula is C18H21N3O2. The highest BCUT2D eigenvalue weighted by Gasteiger charge is 2.18. The van der Waals surface area contributed by atoms with E-state index in [1.54, 1.807) is 36.5 Å². The number of hydrogen-bond acceptors (Lipinski definition) is 3. The molecule has 0 fully saturated rings. The molecule has 23 heavy (non-hydrogen) atoms. The van der Waals surface area contributed by atoms with Gasteiger partial charge in [-0.15, -0.1) is 0 Å². The van der Waals surface area contributed by atoms with Crippen molar-refractivity contribution in [3.05, 3.63) is 53.4 Å². The van der Waals surface area contributed by atoms with E-state index in [2.05, 4.69) is 36.3 Å². The van der Waals surface area contributed by atoms with Crippen LogP contribution in [0.5, 0.6) is 0 Å². The number of anilines is 1. The minimum atomic E-state index is -0.168. The number of aromatic amines is 1. The molecule has 0 unspecified atom stereocenters. The number of hydrogen-bond donors (Lipinski definition) is 2. The van der Waals surface area contributed by atoms with Crippen LogP contribution in [0.2, 0.25) is 0 Å². The SMILES string of the molecule is CC(=O)Nc1cccc(C(=O)/C=C\c2cn[nH]c2C(C)(C)C)c1. The lowest BCUT2D eigenvalue weighted by Crippen LogP contribution is -2.13. The van der Waals surface area contributed by atoms with Crippen LogP contribution in [0, 0.1) is 0 Å². The molecule has 0 aliphatic carbocycles. The van der Waals surface area contributed by atoms with Crippen LogP contribution in [0.25, 0.3) is 6.08 Å². The van der Waals surface area contributed by atoms with Crippen molar-refractivity contribution in [2.75, 3.05) is 5.32 Å². The number of carbonyl (C=O) groups is 2. The Morgan fingerprint density at radius 1 is 1.26 bits per heavy atom. The van der Waals surface area contributed by atoms with Gasteiger partial charge in [-0.05, 0) is 24.3 Å². The Morgan fingerprint density at radius 2 is 2.00 bits per heavy atom. The van der Waals surface area contributed by atoms with Gasteiger partial charge in [0.25, 0.3) is 0 Å². The smallest absolute Gasteiger partial charge is 0.221 e. The zero-order valence-electron chi connectivity index (χ0n) is 13.8. The first kappa shape index (κ1) is 16.7. The van der Waals surface area contributed by atoms with Crippen molar-refractivity contribution >= 4 is 23.5 Å². The molecule has 0 aliphatic rings. The highest BCUT2D eigenvalue weighted by Crippen LogP contribution is 2.24. The lowest BCUT2D eigenvalue weighted by Gasteiger charge is -2.17. The maximum Gasteiger partial charge on any atom is 0.221 e. The maximum absolute atomic E-state index is 12.3. The minimum absolute atomic E-state index is 0.0788. The number of benzene rings is 1. The van der Waals surface area contributed by atoms with E-state index in [0.717, 1.165) is 11.3 Å². The van der Waals surface area contributed by atoms with Gasteiger partial charge in [-0.25, -0.2) is 0 Å².